The lowest BCUT2D eigenvalue weighted by molar-refractivity contribution is 0.627. The molecule has 1 nitrogen and oxygen atoms in total. The monoisotopic (exact) mass is 197 g/mol. The number of thiophene rings is 1. The Morgan fingerprint density at radius 2 is 2.08 bits per heavy atom. The maximum atomic E-state index is 5.69. The molecule has 0 saturated carbocycles. The molecule has 0 amide bonds. The van der Waals surface area contributed by atoms with E-state index in [0.29, 0.717) is 6.04 Å². The SMILES string of the molecule is CCc1ccc(CCCC(C)N)s1. The molecule has 0 aromatic carbocycles. The van der Waals surface area contributed by atoms with E-state index in [1.807, 2.05) is 11.3 Å². The third-order valence-electron chi connectivity index (χ3n) is 2.15. The summed E-state index contributed by atoms with van der Waals surface area (Å²) >= 11 is 1.94. The second kappa shape index (κ2) is 5.40. The quantitative estimate of drug-likeness (QED) is 0.771. The molecule has 0 radical (unpaired) electrons. The van der Waals surface area contributed by atoms with E-state index >= 15 is 0 Å². The van der Waals surface area contributed by atoms with Crippen LogP contribution in [-0.4, -0.2) is 6.04 Å². The van der Waals surface area contributed by atoms with E-state index in [1.165, 1.54) is 22.6 Å². The molecule has 1 rings (SSSR count). The minimum absolute atomic E-state index is 0.352. The smallest absolute Gasteiger partial charge is 0.00481 e. The Labute approximate surface area is 85.0 Å². The Morgan fingerprint density at radius 3 is 2.62 bits per heavy atom. The topological polar surface area (TPSA) is 26.0 Å². The Bertz CT molecular complexity index is 240. The van der Waals surface area contributed by atoms with Gasteiger partial charge >= 0.3 is 0 Å². The predicted molar refractivity (Wildman–Crippen MR) is 60.3 cm³/mol. The van der Waals surface area contributed by atoms with E-state index in [1.54, 1.807) is 0 Å². The van der Waals surface area contributed by atoms with Gasteiger partial charge in [0.15, 0.2) is 0 Å². The molecule has 1 unspecified atom stereocenters. The molecule has 0 saturated heterocycles. The molecule has 2 N–H and O–H groups in total. The molecule has 2 heteroatoms. The van der Waals surface area contributed by atoms with Gasteiger partial charge in [-0.1, -0.05) is 6.92 Å². The van der Waals surface area contributed by atoms with Gasteiger partial charge in [0, 0.05) is 15.8 Å². The predicted octanol–water partition coefficient (Wildman–Crippen LogP) is 2.98. The lowest BCUT2D eigenvalue weighted by Gasteiger charge is -2.02. The standard InChI is InChI=1S/C11H19NS/c1-3-10-7-8-11(13-10)6-4-5-9(2)12/h7-9H,3-6,12H2,1-2H3. The Kier molecular flexibility index (Phi) is 4.46. The van der Waals surface area contributed by atoms with E-state index in [0.717, 1.165) is 12.8 Å². The summed E-state index contributed by atoms with van der Waals surface area (Å²) in [5, 5.41) is 0. The van der Waals surface area contributed by atoms with Gasteiger partial charge in [-0.3, -0.25) is 0 Å². The van der Waals surface area contributed by atoms with Crippen molar-refractivity contribution in [2.75, 3.05) is 0 Å². The largest absolute Gasteiger partial charge is 0.328 e. The van der Waals surface area contributed by atoms with Crippen molar-refractivity contribution in [2.24, 2.45) is 5.73 Å². The zero-order chi connectivity index (χ0) is 9.68. The van der Waals surface area contributed by atoms with E-state index in [2.05, 4.69) is 26.0 Å². The molecule has 0 aliphatic heterocycles. The molecule has 0 bridgehead atoms. The third kappa shape index (κ3) is 3.92. The van der Waals surface area contributed by atoms with E-state index in [4.69, 9.17) is 5.73 Å². The van der Waals surface area contributed by atoms with Gasteiger partial charge in [-0.25, -0.2) is 0 Å². The van der Waals surface area contributed by atoms with Gasteiger partial charge in [0.2, 0.25) is 0 Å². The van der Waals surface area contributed by atoms with Crippen molar-refractivity contribution in [3.8, 4) is 0 Å². The van der Waals surface area contributed by atoms with Crippen molar-refractivity contribution in [2.45, 2.75) is 45.6 Å². The van der Waals surface area contributed by atoms with Gasteiger partial charge in [0.1, 0.15) is 0 Å². The molecule has 0 aliphatic rings. The number of rotatable bonds is 5. The molecule has 0 aliphatic carbocycles. The minimum atomic E-state index is 0.352. The summed E-state index contributed by atoms with van der Waals surface area (Å²) in [6.45, 7) is 4.28. The summed E-state index contributed by atoms with van der Waals surface area (Å²) in [4.78, 5) is 3.01. The van der Waals surface area contributed by atoms with Gasteiger partial charge in [-0.05, 0) is 44.7 Å². The van der Waals surface area contributed by atoms with E-state index < -0.39 is 0 Å². The van der Waals surface area contributed by atoms with Crippen LogP contribution in [0.3, 0.4) is 0 Å². The fraction of sp³-hybridized carbons (Fsp3) is 0.636. The summed E-state index contributed by atoms with van der Waals surface area (Å²) in [5.41, 5.74) is 5.69. The molecular formula is C11H19NS. The highest BCUT2D eigenvalue weighted by molar-refractivity contribution is 7.11. The maximum absolute atomic E-state index is 5.69. The van der Waals surface area contributed by atoms with Crippen LogP contribution in [0.4, 0.5) is 0 Å². The van der Waals surface area contributed by atoms with Crippen LogP contribution in [0.5, 0.6) is 0 Å². The summed E-state index contributed by atoms with van der Waals surface area (Å²) in [6.07, 6.45) is 4.73. The molecule has 1 atom stereocenters. The molecule has 1 aromatic rings. The molecule has 1 heterocycles. The molecular weight excluding hydrogens is 178 g/mol. The van der Waals surface area contributed by atoms with Gasteiger partial charge in [0.25, 0.3) is 0 Å². The Balaban J connectivity index is 2.28. The highest BCUT2D eigenvalue weighted by Crippen LogP contribution is 2.18. The van der Waals surface area contributed by atoms with Crippen LogP contribution in [0.1, 0.15) is 36.4 Å². The first-order chi connectivity index (χ1) is 6.22. The van der Waals surface area contributed by atoms with Gasteiger partial charge in [-0.2, -0.15) is 0 Å². The fourth-order valence-corrected chi connectivity index (χ4v) is 2.34. The van der Waals surface area contributed by atoms with Crippen LogP contribution in [-0.2, 0) is 12.8 Å². The minimum Gasteiger partial charge on any atom is -0.328 e. The van der Waals surface area contributed by atoms with Crippen LogP contribution in [0, 0.1) is 0 Å². The average Bonchev–Trinajstić information content (AvgIpc) is 2.52. The molecule has 1 aromatic heterocycles. The summed E-state index contributed by atoms with van der Waals surface area (Å²) in [5.74, 6) is 0. The summed E-state index contributed by atoms with van der Waals surface area (Å²) in [7, 11) is 0. The van der Waals surface area contributed by atoms with Gasteiger partial charge in [0.05, 0.1) is 0 Å². The Morgan fingerprint density at radius 1 is 1.38 bits per heavy atom. The average molecular weight is 197 g/mol. The lowest BCUT2D eigenvalue weighted by atomic mass is 10.1. The highest BCUT2D eigenvalue weighted by Gasteiger charge is 1.99. The number of aryl methyl sites for hydroxylation is 2. The summed E-state index contributed by atoms with van der Waals surface area (Å²) in [6, 6.07) is 4.85. The van der Waals surface area contributed by atoms with Crippen LogP contribution < -0.4 is 5.73 Å². The second-order valence-corrected chi connectivity index (χ2v) is 4.84. The molecule has 13 heavy (non-hydrogen) atoms. The first-order valence-electron chi connectivity index (χ1n) is 5.05. The highest BCUT2D eigenvalue weighted by atomic mass is 32.1. The van der Waals surface area contributed by atoms with Crippen LogP contribution in [0.15, 0.2) is 12.1 Å². The zero-order valence-corrected chi connectivity index (χ0v) is 9.36. The Hall–Kier alpha value is -0.340. The van der Waals surface area contributed by atoms with Crippen molar-refractivity contribution in [1.29, 1.82) is 0 Å². The van der Waals surface area contributed by atoms with E-state index in [-0.39, 0.29) is 0 Å². The number of nitrogens with two attached hydrogens (primary N) is 1. The lowest BCUT2D eigenvalue weighted by Crippen LogP contribution is -2.14. The number of hydrogen-bond donors (Lipinski definition) is 1. The van der Waals surface area contributed by atoms with Crippen molar-refractivity contribution < 1.29 is 0 Å². The van der Waals surface area contributed by atoms with Gasteiger partial charge < -0.3 is 5.73 Å². The van der Waals surface area contributed by atoms with Crippen molar-refractivity contribution in [3.63, 3.8) is 0 Å². The molecule has 74 valence electrons. The third-order valence-corrected chi connectivity index (χ3v) is 3.44. The fourth-order valence-electron chi connectivity index (χ4n) is 1.34. The normalized spacial score (nSPS) is 13.2. The zero-order valence-electron chi connectivity index (χ0n) is 8.55. The maximum Gasteiger partial charge on any atom is 0.00481 e. The summed E-state index contributed by atoms with van der Waals surface area (Å²) < 4.78 is 0. The first kappa shape index (κ1) is 10.7. The van der Waals surface area contributed by atoms with Crippen LogP contribution in [0.25, 0.3) is 0 Å². The van der Waals surface area contributed by atoms with E-state index in [9.17, 15) is 0 Å². The van der Waals surface area contributed by atoms with Gasteiger partial charge in [-0.15, -0.1) is 11.3 Å². The van der Waals surface area contributed by atoms with Crippen LogP contribution >= 0.6 is 11.3 Å². The van der Waals surface area contributed by atoms with Crippen molar-refractivity contribution >= 4 is 11.3 Å². The molecule has 0 fully saturated rings. The number of hydrogen-bond acceptors (Lipinski definition) is 2. The first-order valence-corrected chi connectivity index (χ1v) is 5.87. The van der Waals surface area contributed by atoms with Crippen molar-refractivity contribution in [1.82, 2.24) is 0 Å². The van der Waals surface area contributed by atoms with Crippen LogP contribution in [0.2, 0.25) is 0 Å². The second-order valence-electron chi connectivity index (χ2n) is 3.59. The molecule has 0 spiro atoms. The van der Waals surface area contributed by atoms with Crippen molar-refractivity contribution in [3.05, 3.63) is 21.9 Å².